The number of anilines is 1. The zero-order valence-corrected chi connectivity index (χ0v) is 13.6. The molecule has 4 amide bonds. The van der Waals surface area contributed by atoms with Gasteiger partial charge in [0.2, 0.25) is 5.91 Å². The fourth-order valence-corrected chi connectivity index (χ4v) is 2.13. The largest absolute Gasteiger partial charge is 0.376 e. The predicted molar refractivity (Wildman–Crippen MR) is 87.3 cm³/mol. The second-order valence-corrected chi connectivity index (χ2v) is 6.41. The molecule has 1 heterocycles. The Balaban J connectivity index is 1.89. The van der Waals surface area contributed by atoms with Gasteiger partial charge < -0.3 is 16.0 Å². The van der Waals surface area contributed by atoms with Crippen molar-refractivity contribution in [3.05, 3.63) is 29.8 Å². The van der Waals surface area contributed by atoms with E-state index in [0.29, 0.717) is 24.3 Å². The molecule has 1 aliphatic rings. The summed E-state index contributed by atoms with van der Waals surface area (Å²) in [6, 6.07) is 6.49. The number of nitrogens with one attached hydrogen (secondary N) is 3. The molecule has 1 fully saturated rings. The van der Waals surface area contributed by atoms with Crippen molar-refractivity contribution in [3.8, 4) is 0 Å². The number of benzene rings is 1. The molecule has 1 saturated heterocycles. The van der Waals surface area contributed by atoms with Gasteiger partial charge in [0.25, 0.3) is 5.91 Å². The molecule has 1 aliphatic heterocycles. The molecule has 1 aromatic rings. The van der Waals surface area contributed by atoms with Crippen LogP contribution in [0, 0.1) is 0 Å². The zero-order valence-electron chi connectivity index (χ0n) is 13.6. The van der Waals surface area contributed by atoms with Crippen molar-refractivity contribution in [2.24, 2.45) is 0 Å². The normalized spacial score (nSPS) is 14.4. The van der Waals surface area contributed by atoms with Gasteiger partial charge in [-0.3, -0.25) is 14.5 Å². The van der Waals surface area contributed by atoms with Crippen molar-refractivity contribution in [2.75, 3.05) is 25.0 Å². The fourth-order valence-electron chi connectivity index (χ4n) is 2.13. The lowest BCUT2D eigenvalue weighted by atomic mass is 10.1. The summed E-state index contributed by atoms with van der Waals surface area (Å²) in [6.45, 7) is 6.66. The Morgan fingerprint density at radius 3 is 2.39 bits per heavy atom. The molecule has 0 bridgehead atoms. The highest BCUT2D eigenvalue weighted by Crippen LogP contribution is 2.11. The molecule has 0 saturated carbocycles. The number of amides is 4. The lowest BCUT2D eigenvalue weighted by Crippen LogP contribution is -2.40. The van der Waals surface area contributed by atoms with Gasteiger partial charge >= 0.3 is 6.03 Å². The molecule has 0 aromatic heterocycles. The SMILES string of the molecule is CC(C)(C)NC(=O)c1ccc(NCC(=O)N2CCNC2=O)cc1. The molecule has 0 unspecified atom stereocenters. The second-order valence-electron chi connectivity index (χ2n) is 6.41. The lowest BCUT2D eigenvalue weighted by Gasteiger charge is -2.20. The van der Waals surface area contributed by atoms with Gasteiger partial charge in [0, 0.05) is 29.9 Å². The minimum absolute atomic E-state index is 0.0287. The Kier molecular flexibility index (Phi) is 4.88. The van der Waals surface area contributed by atoms with Crippen molar-refractivity contribution in [1.29, 1.82) is 0 Å². The molecule has 2 rings (SSSR count). The van der Waals surface area contributed by atoms with E-state index in [0.717, 1.165) is 0 Å². The van der Waals surface area contributed by atoms with E-state index < -0.39 is 0 Å². The summed E-state index contributed by atoms with van der Waals surface area (Å²) in [5.74, 6) is -0.427. The van der Waals surface area contributed by atoms with Crippen LogP contribution in [0.2, 0.25) is 0 Å². The van der Waals surface area contributed by atoms with Gasteiger partial charge in [-0.15, -0.1) is 0 Å². The number of imide groups is 1. The highest BCUT2D eigenvalue weighted by atomic mass is 16.2. The Bertz CT molecular complexity index is 605. The molecular weight excluding hydrogens is 296 g/mol. The number of hydrogen-bond donors (Lipinski definition) is 3. The molecule has 0 radical (unpaired) electrons. The third-order valence-electron chi connectivity index (χ3n) is 3.24. The first kappa shape index (κ1) is 16.8. The number of urea groups is 1. The quantitative estimate of drug-likeness (QED) is 0.777. The van der Waals surface area contributed by atoms with E-state index in [9.17, 15) is 14.4 Å². The summed E-state index contributed by atoms with van der Waals surface area (Å²) in [7, 11) is 0. The standard InChI is InChI=1S/C16H22N4O3/c1-16(2,3)19-14(22)11-4-6-12(7-5-11)18-10-13(21)20-9-8-17-15(20)23/h4-7,18H,8-10H2,1-3H3,(H,17,23)(H,19,22). The van der Waals surface area contributed by atoms with E-state index in [4.69, 9.17) is 0 Å². The molecule has 0 aliphatic carbocycles. The van der Waals surface area contributed by atoms with Gasteiger partial charge in [-0.25, -0.2) is 4.79 Å². The first-order valence-corrected chi connectivity index (χ1v) is 7.51. The van der Waals surface area contributed by atoms with Crippen LogP contribution < -0.4 is 16.0 Å². The van der Waals surface area contributed by atoms with Crippen LogP contribution in [-0.2, 0) is 4.79 Å². The Morgan fingerprint density at radius 2 is 1.87 bits per heavy atom. The van der Waals surface area contributed by atoms with Gasteiger partial charge in [-0.2, -0.15) is 0 Å². The summed E-state index contributed by atoms with van der Waals surface area (Å²) in [6.07, 6.45) is 0. The summed E-state index contributed by atoms with van der Waals surface area (Å²) in [5.41, 5.74) is 0.970. The van der Waals surface area contributed by atoms with E-state index in [1.54, 1.807) is 24.3 Å². The zero-order chi connectivity index (χ0) is 17.0. The van der Waals surface area contributed by atoms with Crippen LogP contribution in [0.25, 0.3) is 0 Å². The summed E-state index contributed by atoms with van der Waals surface area (Å²) in [5, 5.41) is 8.42. The molecule has 7 heteroatoms. The van der Waals surface area contributed by atoms with Gasteiger partial charge in [-0.05, 0) is 45.0 Å². The maximum absolute atomic E-state index is 12.0. The summed E-state index contributed by atoms with van der Waals surface area (Å²) >= 11 is 0. The topological polar surface area (TPSA) is 90.5 Å². The molecule has 1 aromatic carbocycles. The van der Waals surface area contributed by atoms with E-state index in [1.807, 2.05) is 20.8 Å². The monoisotopic (exact) mass is 318 g/mol. The number of rotatable bonds is 4. The molecule has 0 spiro atoms. The average Bonchev–Trinajstić information content (AvgIpc) is 2.90. The molecule has 124 valence electrons. The Labute approximate surface area is 135 Å². The first-order chi connectivity index (χ1) is 10.8. The number of carbonyl (C=O) groups excluding carboxylic acids is 3. The Morgan fingerprint density at radius 1 is 1.22 bits per heavy atom. The van der Waals surface area contributed by atoms with E-state index in [2.05, 4.69) is 16.0 Å². The lowest BCUT2D eigenvalue weighted by molar-refractivity contribution is -0.125. The molecule has 7 nitrogen and oxygen atoms in total. The number of carbonyl (C=O) groups is 3. The van der Waals surface area contributed by atoms with Crippen molar-refractivity contribution < 1.29 is 14.4 Å². The number of hydrogen-bond acceptors (Lipinski definition) is 4. The molecule has 23 heavy (non-hydrogen) atoms. The van der Waals surface area contributed by atoms with Crippen LogP contribution in [0.15, 0.2) is 24.3 Å². The summed E-state index contributed by atoms with van der Waals surface area (Å²) in [4.78, 5) is 36.5. The van der Waals surface area contributed by atoms with Crippen molar-refractivity contribution in [3.63, 3.8) is 0 Å². The molecule has 0 atom stereocenters. The third-order valence-corrected chi connectivity index (χ3v) is 3.24. The summed E-state index contributed by atoms with van der Waals surface area (Å²) < 4.78 is 0. The molecule has 3 N–H and O–H groups in total. The maximum atomic E-state index is 12.0. The third kappa shape index (κ3) is 4.70. The maximum Gasteiger partial charge on any atom is 0.324 e. The van der Waals surface area contributed by atoms with Crippen LogP contribution in [0.5, 0.6) is 0 Å². The van der Waals surface area contributed by atoms with E-state index >= 15 is 0 Å². The van der Waals surface area contributed by atoms with Crippen molar-refractivity contribution >= 4 is 23.5 Å². The second kappa shape index (κ2) is 6.68. The minimum atomic E-state index is -0.356. The molecular formula is C16H22N4O3. The van der Waals surface area contributed by atoms with Crippen LogP contribution in [-0.4, -0.2) is 47.9 Å². The fraction of sp³-hybridized carbons (Fsp3) is 0.438. The smallest absolute Gasteiger partial charge is 0.324 e. The highest BCUT2D eigenvalue weighted by molar-refractivity contribution is 5.98. The predicted octanol–water partition coefficient (Wildman–Crippen LogP) is 1.18. The van der Waals surface area contributed by atoms with Gasteiger partial charge in [0.05, 0.1) is 6.54 Å². The number of nitrogens with zero attached hydrogens (tertiary/aromatic N) is 1. The average molecular weight is 318 g/mol. The van der Waals surface area contributed by atoms with Crippen molar-refractivity contribution in [2.45, 2.75) is 26.3 Å². The highest BCUT2D eigenvalue weighted by Gasteiger charge is 2.25. The van der Waals surface area contributed by atoms with E-state index in [-0.39, 0.29) is 29.9 Å². The van der Waals surface area contributed by atoms with E-state index in [1.165, 1.54) is 4.90 Å². The first-order valence-electron chi connectivity index (χ1n) is 7.51. The van der Waals surface area contributed by atoms with Crippen LogP contribution in [0.1, 0.15) is 31.1 Å². The van der Waals surface area contributed by atoms with Gasteiger partial charge in [0.1, 0.15) is 0 Å². The van der Waals surface area contributed by atoms with Crippen LogP contribution in [0.3, 0.4) is 0 Å². The Hall–Kier alpha value is -2.57. The van der Waals surface area contributed by atoms with Crippen LogP contribution >= 0.6 is 0 Å². The van der Waals surface area contributed by atoms with Crippen LogP contribution in [0.4, 0.5) is 10.5 Å². The van der Waals surface area contributed by atoms with Crippen molar-refractivity contribution in [1.82, 2.24) is 15.5 Å². The van der Waals surface area contributed by atoms with Gasteiger partial charge in [0.15, 0.2) is 0 Å². The van der Waals surface area contributed by atoms with Gasteiger partial charge in [-0.1, -0.05) is 0 Å². The minimum Gasteiger partial charge on any atom is -0.376 e.